The molecule has 0 aliphatic carbocycles. The fourth-order valence-corrected chi connectivity index (χ4v) is 4.46. The van der Waals surface area contributed by atoms with Crippen LogP contribution in [0, 0.1) is 18.6 Å². The molecule has 0 N–H and O–H groups in total. The molecule has 0 bridgehead atoms. The van der Waals surface area contributed by atoms with Crippen LogP contribution in [-0.2, 0) is 0 Å². The van der Waals surface area contributed by atoms with E-state index in [0.29, 0.717) is 22.4 Å². The summed E-state index contributed by atoms with van der Waals surface area (Å²) in [7, 11) is 1.67. The number of fused-ring (bicyclic) bond motifs is 1. The Morgan fingerprint density at radius 3 is 2.06 bits per heavy atom. The van der Waals surface area contributed by atoms with Crippen molar-refractivity contribution in [2.45, 2.75) is 13.0 Å². The molecular weight excluding hydrogens is 444 g/mol. The minimum Gasteiger partial charge on any atom is -0.342 e. The molecule has 174 valence electrons. The first-order valence-corrected chi connectivity index (χ1v) is 11.3. The molecule has 0 saturated heterocycles. The van der Waals surface area contributed by atoms with E-state index in [4.69, 9.17) is 4.98 Å². The third-order valence-corrected chi connectivity index (χ3v) is 6.21. The fraction of sp³-hybridized carbons (Fsp3) is 0.103. The van der Waals surface area contributed by atoms with Gasteiger partial charge in [0.2, 0.25) is 0 Å². The van der Waals surface area contributed by atoms with Crippen LogP contribution >= 0.6 is 0 Å². The van der Waals surface area contributed by atoms with E-state index >= 15 is 0 Å². The Hall–Kier alpha value is -4.32. The fourth-order valence-electron chi connectivity index (χ4n) is 4.46. The van der Waals surface area contributed by atoms with Crippen LogP contribution in [0.2, 0.25) is 0 Å². The number of halogens is 2. The van der Waals surface area contributed by atoms with Crippen LogP contribution in [0.4, 0.5) is 20.2 Å². The van der Waals surface area contributed by atoms with E-state index in [1.54, 1.807) is 34.7 Å². The number of hydrogen-bond donors (Lipinski definition) is 0. The normalized spacial score (nSPS) is 11.2. The molecule has 35 heavy (non-hydrogen) atoms. The maximum absolute atomic E-state index is 14.4. The molecule has 0 aliphatic heterocycles. The molecule has 1 heterocycles. The SMILES string of the molecule is Cc1nc2ccc(N(C)c3ccc(F)cc3F)cc2c(=O)n1C(c1ccccc1)c1ccccc1. The van der Waals surface area contributed by atoms with Crippen LogP contribution in [0.25, 0.3) is 10.9 Å². The summed E-state index contributed by atoms with van der Waals surface area (Å²) in [5.74, 6) is -0.736. The molecule has 4 aromatic carbocycles. The summed E-state index contributed by atoms with van der Waals surface area (Å²) in [6, 6.07) is 27.9. The zero-order chi connectivity index (χ0) is 24.5. The van der Waals surface area contributed by atoms with E-state index in [1.807, 2.05) is 67.6 Å². The van der Waals surface area contributed by atoms with Crippen molar-refractivity contribution < 1.29 is 8.78 Å². The van der Waals surface area contributed by atoms with Crippen LogP contribution in [-0.4, -0.2) is 16.6 Å². The lowest BCUT2D eigenvalue weighted by molar-refractivity contribution is 0.583. The van der Waals surface area contributed by atoms with Crippen molar-refractivity contribution in [2.75, 3.05) is 11.9 Å². The first kappa shape index (κ1) is 22.5. The second-order valence-corrected chi connectivity index (χ2v) is 8.41. The topological polar surface area (TPSA) is 38.1 Å². The smallest absolute Gasteiger partial charge is 0.262 e. The van der Waals surface area contributed by atoms with E-state index in [0.717, 1.165) is 17.2 Å². The number of aryl methyl sites for hydroxylation is 1. The Bertz CT molecular complexity index is 1530. The van der Waals surface area contributed by atoms with Crippen LogP contribution < -0.4 is 10.5 Å². The van der Waals surface area contributed by atoms with Gasteiger partial charge in [0.1, 0.15) is 17.5 Å². The van der Waals surface area contributed by atoms with Crippen LogP contribution in [0.3, 0.4) is 0 Å². The average molecular weight is 468 g/mol. The number of anilines is 2. The van der Waals surface area contributed by atoms with E-state index < -0.39 is 11.6 Å². The van der Waals surface area contributed by atoms with Gasteiger partial charge in [0.15, 0.2) is 0 Å². The van der Waals surface area contributed by atoms with Crippen molar-refractivity contribution >= 4 is 22.3 Å². The molecular formula is C29H23F2N3O. The van der Waals surface area contributed by atoms with Gasteiger partial charge in [0.05, 0.1) is 22.6 Å². The molecule has 0 radical (unpaired) electrons. The predicted octanol–water partition coefficient (Wildman–Crippen LogP) is 6.39. The van der Waals surface area contributed by atoms with Crippen LogP contribution in [0.15, 0.2) is 102 Å². The summed E-state index contributed by atoms with van der Waals surface area (Å²) < 4.78 is 29.5. The molecule has 6 heteroatoms. The largest absolute Gasteiger partial charge is 0.342 e. The van der Waals surface area contributed by atoms with Crippen molar-refractivity contribution in [3.63, 3.8) is 0 Å². The van der Waals surface area contributed by atoms with Gasteiger partial charge in [-0.2, -0.15) is 0 Å². The third kappa shape index (κ3) is 4.19. The van der Waals surface area contributed by atoms with Gasteiger partial charge in [-0.05, 0) is 48.4 Å². The van der Waals surface area contributed by atoms with Gasteiger partial charge >= 0.3 is 0 Å². The zero-order valence-electron chi connectivity index (χ0n) is 19.3. The van der Waals surface area contributed by atoms with Gasteiger partial charge < -0.3 is 4.90 Å². The lowest BCUT2D eigenvalue weighted by Gasteiger charge is -2.24. The molecule has 0 fully saturated rings. The van der Waals surface area contributed by atoms with E-state index in [9.17, 15) is 13.6 Å². The lowest BCUT2D eigenvalue weighted by atomic mass is 9.98. The highest BCUT2D eigenvalue weighted by Gasteiger charge is 2.22. The monoisotopic (exact) mass is 467 g/mol. The highest BCUT2D eigenvalue weighted by molar-refractivity contribution is 5.83. The Morgan fingerprint density at radius 2 is 1.46 bits per heavy atom. The summed E-state index contributed by atoms with van der Waals surface area (Å²) in [6.07, 6.45) is 0. The Kier molecular flexibility index (Phi) is 5.87. The minimum absolute atomic E-state index is 0.194. The van der Waals surface area contributed by atoms with E-state index in [-0.39, 0.29) is 17.3 Å². The van der Waals surface area contributed by atoms with Crippen molar-refractivity contribution in [1.29, 1.82) is 0 Å². The second-order valence-electron chi connectivity index (χ2n) is 8.41. The van der Waals surface area contributed by atoms with Gasteiger partial charge in [-0.1, -0.05) is 60.7 Å². The molecule has 0 spiro atoms. The highest BCUT2D eigenvalue weighted by Crippen LogP contribution is 2.30. The molecule has 0 unspecified atom stereocenters. The maximum atomic E-state index is 14.4. The molecule has 4 nitrogen and oxygen atoms in total. The molecule has 0 aliphatic rings. The van der Waals surface area contributed by atoms with Crippen molar-refractivity contribution in [1.82, 2.24) is 9.55 Å². The predicted molar refractivity (Wildman–Crippen MR) is 135 cm³/mol. The summed E-state index contributed by atoms with van der Waals surface area (Å²) >= 11 is 0. The summed E-state index contributed by atoms with van der Waals surface area (Å²) in [5.41, 5.74) is 3.09. The molecule has 5 rings (SSSR count). The number of aromatic nitrogens is 2. The summed E-state index contributed by atoms with van der Waals surface area (Å²) in [5, 5.41) is 0.416. The average Bonchev–Trinajstić information content (AvgIpc) is 2.87. The summed E-state index contributed by atoms with van der Waals surface area (Å²) in [6.45, 7) is 1.83. The standard InChI is InChI=1S/C29H23F2N3O/c1-19-32-26-15-14-23(33(2)27-16-13-22(30)17-25(27)31)18-24(26)29(35)34(19)28(20-9-5-3-6-10-20)21-11-7-4-8-12-21/h3-18,28H,1-2H3. The molecule has 1 aromatic heterocycles. The Balaban J connectivity index is 1.70. The van der Waals surface area contributed by atoms with Crippen molar-refractivity contribution in [3.05, 3.63) is 136 Å². The lowest BCUT2D eigenvalue weighted by Crippen LogP contribution is -2.29. The first-order valence-electron chi connectivity index (χ1n) is 11.3. The van der Waals surface area contributed by atoms with Gasteiger partial charge in [-0.3, -0.25) is 9.36 Å². The quantitative estimate of drug-likeness (QED) is 0.301. The molecule has 5 aromatic rings. The second kappa shape index (κ2) is 9.14. The van der Waals surface area contributed by atoms with Crippen LogP contribution in [0.1, 0.15) is 23.0 Å². The number of hydrogen-bond acceptors (Lipinski definition) is 3. The zero-order valence-corrected chi connectivity index (χ0v) is 19.3. The van der Waals surface area contributed by atoms with Crippen molar-refractivity contribution in [2.24, 2.45) is 0 Å². The van der Waals surface area contributed by atoms with Gasteiger partial charge in [-0.15, -0.1) is 0 Å². The molecule has 0 atom stereocenters. The van der Waals surface area contributed by atoms with Gasteiger partial charge in [-0.25, -0.2) is 13.8 Å². The first-order chi connectivity index (χ1) is 16.9. The van der Waals surface area contributed by atoms with E-state index in [2.05, 4.69) is 0 Å². The molecule has 0 saturated carbocycles. The summed E-state index contributed by atoms with van der Waals surface area (Å²) in [4.78, 5) is 20.3. The maximum Gasteiger partial charge on any atom is 0.262 e. The molecule has 0 amide bonds. The third-order valence-electron chi connectivity index (χ3n) is 6.21. The van der Waals surface area contributed by atoms with Crippen molar-refractivity contribution in [3.8, 4) is 0 Å². The Labute approximate surface area is 201 Å². The van der Waals surface area contributed by atoms with Gasteiger partial charge in [0, 0.05) is 18.8 Å². The van der Waals surface area contributed by atoms with Crippen LogP contribution in [0.5, 0.6) is 0 Å². The number of rotatable bonds is 5. The minimum atomic E-state index is -0.680. The number of nitrogens with zero attached hydrogens (tertiary/aromatic N) is 3. The Morgan fingerprint density at radius 1 is 0.829 bits per heavy atom. The highest BCUT2D eigenvalue weighted by atomic mass is 19.1. The number of benzene rings is 4. The van der Waals surface area contributed by atoms with Gasteiger partial charge in [0.25, 0.3) is 5.56 Å². The van der Waals surface area contributed by atoms with E-state index in [1.165, 1.54) is 12.1 Å².